The molecular weight excluding hydrogens is 352 g/mol. The summed E-state index contributed by atoms with van der Waals surface area (Å²) in [6.45, 7) is 7.77. The van der Waals surface area contributed by atoms with E-state index in [1.165, 1.54) is 32.1 Å². The first kappa shape index (κ1) is 19.4. The Hall–Kier alpha value is -1.89. The van der Waals surface area contributed by atoms with E-state index in [1.807, 2.05) is 17.2 Å². The van der Waals surface area contributed by atoms with E-state index in [0.717, 1.165) is 63.9 Å². The fourth-order valence-corrected chi connectivity index (χ4v) is 4.85. The largest absolute Gasteiger partial charge is 0.356 e. The molecule has 0 spiro atoms. The van der Waals surface area contributed by atoms with Gasteiger partial charge < -0.3 is 15.1 Å². The van der Waals surface area contributed by atoms with Crippen LogP contribution in [0.5, 0.6) is 0 Å². The standard InChI is InChI=1S/C21H34N6O/c1-17(28)26-13-6-7-19(16-26)27-14-9-18(15-27)23-21-22-10-8-20(24-21)25-11-4-2-3-5-12-25/h8,10,18-19H,2-7,9,11-16H2,1H3,(H,22,23,24). The second kappa shape index (κ2) is 9.07. The highest BCUT2D eigenvalue weighted by atomic mass is 16.2. The summed E-state index contributed by atoms with van der Waals surface area (Å²) < 4.78 is 0. The lowest BCUT2D eigenvalue weighted by Crippen LogP contribution is -2.49. The van der Waals surface area contributed by atoms with Gasteiger partial charge in [-0.1, -0.05) is 12.8 Å². The van der Waals surface area contributed by atoms with Crippen LogP contribution in [0.2, 0.25) is 0 Å². The summed E-state index contributed by atoms with van der Waals surface area (Å²) in [5.41, 5.74) is 0. The molecule has 2 atom stereocenters. The molecule has 3 fully saturated rings. The summed E-state index contributed by atoms with van der Waals surface area (Å²) >= 11 is 0. The van der Waals surface area contributed by atoms with Crippen LogP contribution in [0.4, 0.5) is 11.8 Å². The molecule has 1 aromatic rings. The van der Waals surface area contributed by atoms with Crippen LogP contribution >= 0.6 is 0 Å². The van der Waals surface area contributed by atoms with Crippen LogP contribution in [0.25, 0.3) is 0 Å². The van der Waals surface area contributed by atoms with Crippen molar-refractivity contribution in [3.05, 3.63) is 12.3 Å². The Morgan fingerprint density at radius 3 is 2.64 bits per heavy atom. The van der Waals surface area contributed by atoms with Gasteiger partial charge in [-0.3, -0.25) is 9.69 Å². The van der Waals surface area contributed by atoms with Crippen LogP contribution in [-0.2, 0) is 4.79 Å². The Balaban J connectivity index is 1.33. The number of hydrogen-bond acceptors (Lipinski definition) is 6. The number of nitrogens with zero attached hydrogens (tertiary/aromatic N) is 5. The van der Waals surface area contributed by atoms with Crippen molar-refractivity contribution in [3.63, 3.8) is 0 Å². The SMILES string of the molecule is CC(=O)N1CCCC(N2CCC(Nc3nccc(N4CCCCCC4)n3)C2)C1. The maximum atomic E-state index is 11.7. The topological polar surface area (TPSA) is 64.6 Å². The van der Waals surface area contributed by atoms with E-state index in [1.54, 1.807) is 6.92 Å². The molecule has 1 N–H and O–H groups in total. The molecule has 1 aromatic heterocycles. The Morgan fingerprint density at radius 1 is 1.04 bits per heavy atom. The molecular formula is C21H34N6O. The number of carbonyl (C=O) groups excluding carboxylic acids is 1. The van der Waals surface area contributed by atoms with Crippen molar-refractivity contribution < 1.29 is 4.79 Å². The third-order valence-corrected chi connectivity index (χ3v) is 6.48. The van der Waals surface area contributed by atoms with Crippen LogP contribution in [0.1, 0.15) is 51.9 Å². The quantitative estimate of drug-likeness (QED) is 0.857. The molecule has 0 aliphatic carbocycles. The van der Waals surface area contributed by atoms with Gasteiger partial charge in [-0.15, -0.1) is 0 Å². The number of piperidine rings is 1. The van der Waals surface area contributed by atoms with Crippen LogP contribution in [0.3, 0.4) is 0 Å². The van der Waals surface area contributed by atoms with Crippen molar-refractivity contribution in [2.45, 2.75) is 64.0 Å². The Kier molecular flexibility index (Phi) is 6.29. The molecule has 28 heavy (non-hydrogen) atoms. The summed E-state index contributed by atoms with van der Waals surface area (Å²) in [7, 11) is 0. The molecule has 154 valence electrons. The second-order valence-corrected chi connectivity index (χ2v) is 8.53. The molecule has 4 heterocycles. The average Bonchev–Trinajstić information content (AvgIpc) is 3.00. The number of rotatable bonds is 4. The molecule has 2 unspecified atom stereocenters. The monoisotopic (exact) mass is 386 g/mol. The second-order valence-electron chi connectivity index (χ2n) is 8.53. The van der Waals surface area contributed by atoms with Crippen LogP contribution in [-0.4, -0.2) is 77.0 Å². The molecule has 7 nitrogen and oxygen atoms in total. The number of nitrogens with one attached hydrogen (secondary N) is 1. The molecule has 0 bridgehead atoms. The van der Waals surface area contributed by atoms with Crippen molar-refractivity contribution in [3.8, 4) is 0 Å². The average molecular weight is 387 g/mol. The van der Waals surface area contributed by atoms with Crippen molar-refractivity contribution >= 4 is 17.7 Å². The zero-order chi connectivity index (χ0) is 19.3. The molecule has 0 radical (unpaired) electrons. The van der Waals surface area contributed by atoms with Crippen molar-refractivity contribution in [2.24, 2.45) is 0 Å². The molecule has 4 rings (SSSR count). The van der Waals surface area contributed by atoms with Gasteiger partial charge in [0, 0.05) is 64.5 Å². The smallest absolute Gasteiger partial charge is 0.224 e. The number of likely N-dealkylation sites (tertiary alicyclic amines) is 2. The van der Waals surface area contributed by atoms with E-state index >= 15 is 0 Å². The van der Waals surface area contributed by atoms with E-state index < -0.39 is 0 Å². The third-order valence-electron chi connectivity index (χ3n) is 6.48. The fraction of sp³-hybridized carbons (Fsp3) is 0.762. The molecule has 1 amide bonds. The Bertz CT molecular complexity index is 660. The van der Waals surface area contributed by atoms with Gasteiger partial charge in [0.15, 0.2) is 0 Å². The van der Waals surface area contributed by atoms with Gasteiger partial charge in [0.05, 0.1) is 0 Å². The van der Waals surface area contributed by atoms with E-state index in [2.05, 4.69) is 20.1 Å². The zero-order valence-corrected chi connectivity index (χ0v) is 17.1. The normalized spacial score (nSPS) is 26.9. The van der Waals surface area contributed by atoms with Gasteiger partial charge in [0.1, 0.15) is 5.82 Å². The minimum absolute atomic E-state index is 0.206. The van der Waals surface area contributed by atoms with E-state index in [4.69, 9.17) is 4.98 Å². The maximum Gasteiger partial charge on any atom is 0.224 e. The van der Waals surface area contributed by atoms with Gasteiger partial charge in [-0.25, -0.2) is 4.98 Å². The van der Waals surface area contributed by atoms with Crippen molar-refractivity contribution in [2.75, 3.05) is 49.5 Å². The number of amides is 1. The molecule has 3 aliphatic rings. The molecule has 0 saturated carbocycles. The highest BCUT2D eigenvalue weighted by Gasteiger charge is 2.32. The summed E-state index contributed by atoms with van der Waals surface area (Å²) in [6, 6.07) is 2.91. The summed E-state index contributed by atoms with van der Waals surface area (Å²) in [4.78, 5) is 28.0. The molecule has 3 aliphatic heterocycles. The van der Waals surface area contributed by atoms with Gasteiger partial charge >= 0.3 is 0 Å². The van der Waals surface area contributed by atoms with E-state index in [9.17, 15) is 4.79 Å². The number of aromatic nitrogens is 2. The zero-order valence-electron chi connectivity index (χ0n) is 17.1. The molecule has 3 saturated heterocycles. The maximum absolute atomic E-state index is 11.7. The first-order chi connectivity index (χ1) is 13.7. The lowest BCUT2D eigenvalue weighted by molar-refractivity contribution is -0.130. The Labute approximate surface area is 168 Å². The van der Waals surface area contributed by atoms with Crippen LogP contribution in [0.15, 0.2) is 12.3 Å². The highest BCUT2D eigenvalue weighted by molar-refractivity contribution is 5.73. The van der Waals surface area contributed by atoms with Crippen molar-refractivity contribution in [1.82, 2.24) is 19.8 Å². The summed E-state index contributed by atoms with van der Waals surface area (Å²) in [5, 5.41) is 3.57. The van der Waals surface area contributed by atoms with Gasteiger partial charge in [0.2, 0.25) is 11.9 Å². The lowest BCUT2D eigenvalue weighted by atomic mass is 10.0. The first-order valence-electron chi connectivity index (χ1n) is 11.0. The molecule has 0 aromatic carbocycles. The minimum atomic E-state index is 0.206. The predicted octanol–water partition coefficient (Wildman–Crippen LogP) is 2.35. The van der Waals surface area contributed by atoms with E-state index in [-0.39, 0.29) is 5.91 Å². The summed E-state index contributed by atoms with van der Waals surface area (Å²) in [5.74, 6) is 2.01. The Morgan fingerprint density at radius 2 is 1.86 bits per heavy atom. The number of carbonyl (C=O) groups is 1. The fourth-order valence-electron chi connectivity index (χ4n) is 4.85. The predicted molar refractivity (Wildman–Crippen MR) is 112 cm³/mol. The highest BCUT2D eigenvalue weighted by Crippen LogP contribution is 2.23. The van der Waals surface area contributed by atoms with Gasteiger partial charge in [-0.05, 0) is 38.2 Å². The van der Waals surface area contributed by atoms with Crippen molar-refractivity contribution in [1.29, 1.82) is 0 Å². The first-order valence-corrected chi connectivity index (χ1v) is 11.0. The third kappa shape index (κ3) is 4.74. The van der Waals surface area contributed by atoms with Gasteiger partial charge in [0.25, 0.3) is 0 Å². The number of anilines is 2. The van der Waals surface area contributed by atoms with Gasteiger partial charge in [-0.2, -0.15) is 4.98 Å². The molecule has 7 heteroatoms. The lowest BCUT2D eigenvalue weighted by Gasteiger charge is -2.37. The van der Waals surface area contributed by atoms with Crippen LogP contribution in [0, 0.1) is 0 Å². The minimum Gasteiger partial charge on any atom is -0.356 e. The van der Waals surface area contributed by atoms with E-state index in [0.29, 0.717) is 12.1 Å². The van der Waals surface area contributed by atoms with Crippen LogP contribution < -0.4 is 10.2 Å². The number of hydrogen-bond donors (Lipinski definition) is 1. The summed E-state index contributed by atoms with van der Waals surface area (Å²) in [6.07, 6.45) is 10.4.